The van der Waals surface area contributed by atoms with Crippen molar-refractivity contribution in [2.45, 2.75) is 80.0 Å². The predicted octanol–water partition coefficient (Wildman–Crippen LogP) is 10.8. The molecule has 6 rings (SSSR count). The first-order chi connectivity index (χ1) is 30.2. The Bertz CT molecular complexity index is 2680. The van der Waals surface area contributed by atoms with Crippen LogP contribution in [-0.4, -0.2) is 38.0 Å². The van der Waals surface area contributed by atoms with E-state index in [1.165, 1.54) is 20.0 Å². The van der Waals surface area contributed by atoms with E-state index in [-0.39, 0.29) is 45.1 Å². The number of nitriles is 1. The summed E-state index contributed by atoms with van der Waals surface area (Å²) in [5, 5.41) is 29.7. The van der Waals surface area contributed by atoms with Gasteiger partial charge in [-0.1, -0.05) is 59.6 Å². The van der Waals surface area contributed by atoms with Crippen LogP contribution in [0.1, 0.15) is 80.7 Å². The van der Waals surface area contributed by atoms with Crippen molar-refractivity contribution in [1.82, 2.24) is 9.97 Å². The molecule has 0 bridgehead atoms. The number of aliphatic hydroxyl groups is 1. The lowest BCUT2D eigenvalue weighted by Gasteiger charge is -2.19. The SMILES string of the molecule is CC(=O)c1cc(Cl)c(OCc2cccc(-c3cccc(COc4cc(OCc5cncc(C#N)c5)c(CC[C@H](C(=O)O)[C@@H](C)O)cc4Cl)c3C)c2C)cc1OCc1cncc(C)c1. The third kappa shape index (κ3) is 11.7. The van der Waals surface area contributed by atoms with Crippen molar-refractivity contribution in [2.24, 2.45) is 5.92 Å². The highest BCUT2D eigenvalue weighted by Crippen LogP contribution is 2.38. The van der Waals surface area contributed by atoms with E-state index in [4.69, 9.17) is 42.1 Å². The number of aromatic nitrogens is 2. The highest BCUT2D eigenvalue weighted by Gasteiger charge is 2.24. The number of aryl methyl sites for hydroxylation is 2. The van der Waals surface area contributed by atoms with Crippen molar-refractivity contribution in [3.8, 4) is 40.2 Å². The fourth-order valence-electron chi connectivity index (χ4n) is 7.16. The predicted molar refractivity (Wildman–Crippen MR) is 241 cm³/mol. The lowest BCUT2D eigenvalue weighted by Crippen LogP contribution is -2.26. The molecule has 0 saturated carbocycles. The second kappa shape index (κ2) is 21.1. The largest absolute Gasteiger partial charge is 0.488 e. The molecule has 6 aromatic rings. The van der Waals surface area contributed by atoms with Crippen LogP contribution < -0.4 is 18.9 Å². The molecule has 4 aromatic carbocycles. The normalized spacial score (nSPS) is 11.9. The Balaban J connectivity index is 1.20. The van der Waals surface area contributed by atoms with Gasteiger partial charge in [-0.3, -0.25) is 19.6 Å². The number of carboxylic acids is 1. The Kier molecular flexibility index (Phi) is 15.4. The molecule has 0 radical (unpaired) electrons. The van der Waals surface area contributed by atoms with Gasteiger partial charge in [-0.2, -0.15) is 5.26 Å². The summed E-state index contributed by atoms with van der Waals surface area (Å²) in [6, 6.07) is 24.4. The molecule has 2 heterocycles. The summed E-state index contributed by atoms with van der Waals surface area (Å²) in [6.07, 6.45) is 5.91. The van der Waals surface area contributed by atoms with Gasteiger partial charge in [0.25, 0.3) is 0 Å². The van der Waals surface area contributed by atoms with Crippen LogP contribution in [0.15, 0.2) is 97.6 Å². The Morgan fingerprint density at radius 2 is 1.24 bits per heavy atom. The summed E-state index contributed by atoms with van der Waals surface area (Å²) in [6.45, 7) is 9.62. The van der Waals surface area contributed by atoms with Crippen molar-refractivity contribution in [3.05, 3.63) is 163 Å². The highest BCUT2D eigenvalue weighted by molar-refractivity contribution is 6.32. The van der Waals surface area contributed by atoms with E-state index in [9.17, 15) is 25.1 Å². The number of rotatable bonds is 19. The number of aliphatic carboxylic acids is 1. The molecule has 0 saturated heterocycles. The molecule has 0 aliphatic carbocycles. The zero-order valence-electron chi connectivity index (χ0n) is 35.6. The van der Waals surface area contributed by atoms with Crippen molar-refractivity contribution >= 4 is 35.0 Å². The van der Waals surface area contributed by atoms with E-state index in [2.05, 4.69) is 28.2 Å². The lowest BCUT2D eigenvalue weighted by molar-refractivity contribution is -0.145. The Morgan fingerprint density at radius 1 is 0.698 bits per heavy atom. The molecular formula is C50H47Cl2N3O8. The number of aliphatic hydroxyl groups excluding tert-OH is 1. The fourth-order valence-corrected chi connectivity index (χ4v) is 7.62. The summed E-state index contributed by atoms with van der Waals surface area (Å²) in [5.41, 5.74) is 9.80. The zero-order valence-corrected chi connectivity index (χ0v) is 37.1. The number of ether oxygens (including phenoxy) is 4. The maximum atomic E-state index is 12.5. The van der Waals surface area contributed by atoms with Gasteiger partial charge < -0.3 is 29.2 Å². The first kappa shape index (κ1) is 46.1. The first-order valence-electron chi connectivity index (χ1n) is 20.2. The zero-order chi connectivity index (χ0) is 45.2. The Labute approximate surface area is 376 Å². The molecule has 11 nitrogen and oxygen atoms in total. The number of hydrogen-bond acceptors (Lipinski definition) is 10. The van der Waals surface area contributed by atoms with Crippen LogP contribution in [0.25, 0.3) is 11.1 Å². The number of carbonyl (C=O) groups excluding carboxylic acids is 1. The van der Waals surface area contributed by atoms with Crippen LogP contribution in [0.3, 0.4) is 0 Å². The molecule has 0 fully saturated rings. The standard InChI is InChI=1S/C50H47Cl2N3O8/c1-29-14-35(23-54-21-29)25-61-47-19-49(45(52)17-43(47)33(5)57)63-28-39-9-7-11-41(31(39)3)40-10-6-8-38(30(40)2)27-62-48-18-46(60-26-36-15-34(20-53)22-55-24-36)37(16-44(48)51)12-13-42(32(4)56)50(58)59/h6-11,14-19,21-24,32,42,56H,12-13,25-28H2,1-5H3,(H,58,59)/t32-,42+/m1/s1. The first-order valence-corrected chi connectivity index (χ1v) is 21.0. The monoisotopic (exact) mass is 887 g/mol. The maximum Gasteiger partial charge on any atom is 0.309 e. The third-order valence-electron chi connectivity index (χ3n) is 10.7. The minimum Gasteiger partial charge on any atom is -0.488 e. The quantitative estimate of drug-likeness (QED) is 0.0745. The third-order valence-corrected chi connectivity index (χ3v) is 11.3. The number of ketones is 1. The molecule has 0 unspecified atom stereocenters. The summed E-state index contributed by atoms with van der Waals surface area (Å²) >= 11 is 13.4. The lowest BCUT2D eigenvalue weighted by atomic mass is 9.92. The van der Waals surface area contributed by atoms with Gasteiger partial charge in [-0.25, -0.2) is 0 Å². The summed E-state index contributed by atoms with van der Waals surface area (Å²) in [4.78, 5) is 32.7. The minimum absolute atomic E-state index is 0.0845. The number of benzene rings is 4. The van der Waals surface area contributed by atoms with Crippen molar-refractivity contribution in [3.63, 3.8) is 0 Å². The van der Waals surface area contributed by atoms with Crippen molar-refractivity contribution in [2.75, 3.05) is 0 Å². The van der Waals surface area contributed by atoms with Gasteiger partial charge in [0.1, 0.15) is 55.5 Å². The average Bonchev–Trinajstić information content (AvgIpc) is 3.25. The molecule has 63 heavy (non-hydrogen) atoms. The van der Waals surface area contributed by atoms with E-state index in [1.54, 1.807) is 48.9 Å². The number of Topliss-reactive ketones (excluding diaryl/α,β-unsaturated/α-hetero) is 1. The Hall–Kier alpha value is -6.45. The number of carbonyl (C=O) groups is 2. The summed E-state index contributed by atoms with van der Waals surface area (Å²) in [7, 11) is 0. The van der Waals surface area contributed by atoms with E-state index >= 15 is 0 Å². The average molecular weight is 889 g/mol. The van der Waals surface area contributed by atoms with Gasteiger partial charge in [0, 0.05) is 48.0 Å². The molecule has 2 N–H and O–H groups in total. The molecule has 2 aromatic heterocycles. The number of pyridine rings is 2. The van der Waals surface area contributed by atoms with Crippen molar-refractivity contribution in [1.29, 1.82) is 5.26 Å². The van der Waals surface area contributed by atoms with Crippen LogP contribution in [0, 0.1) is 38.0 Å². The van der Waals surface area contributed by atoms with Gasteiger partial charge in [0.2, 0.25) is 0 Å². The van der Waals surface area contributed by atoms with E-state index < -0.39 is 18.0 Å². The Morgan fingerprint density at radius 3 is 1.79 bits per heavy atom. The number of halogens is 2. The van der Waals surface area contributed by atoms with Gasteiger partial charge in [-0.05, 0) is 116 Å². The second-order valence-corrected chi connectivity index (χ2v) is 16.2. The molecule has 0 amide bonds. The van der Waals surface area contributed by atoms with Crippen LogP contribution in [0.5, 0.6) is 23.0 Å². The molecule has 324 valence electrons. The molecule has 0 spiro atoms. The molecule has 0 aliphatic heterocycles. The number of nitrogens with zero attached hydrogens (tertiary/aromatic N) is 3. The molecule has 0 aliphatic rings. The number of carboxylic acid groups (broad SMARTS) is 1. The molecule has 13 heteroatoms. The second-order valence-electron chi connectivity index (χ2n) is 15.3. The van der Waals surface area contributed by atoms with E-state index in [0.29, 0.717) is 55.3 Å². The van der Waals surface area contributed by atoms with Crippen molar-refractivity contribution < 1.29 is 38.7 Å². The number of hydrogen-bond donors (Lipinski definition) is 2. The van der Waals surface area contributed by atoms with Crippen LogP contribution in [-0.2, 0) is 37.6 Å². The fraction of sp³-hybridized carbons (Fsp3) is 0.260. The molecular weight excluding hydrogens is 841 g/mol. The molecule has 2 atom stereocenters. The summed E-state index contributed by atoms with van der Waals surface area (Å²) < 4.78 is 24.9. The topological polar surface area (TPSA) is 161 Å². The van der Waals surface area contributed by atoms with Gasteiger partial charge in [0.05, 0.1) is 33.2 Å². The van der Waals surface area contributed by atoms with Gasteiger partial charge in [-0.15, -0.1) is 0 Å². The minimum atomic E-state index is -1.10. The summed E-state index contributed by atoms with van der Waals surface area (Å²) in [5.74, 6) is -0.729. The van der Waals surface area contributed by atoms with Crippen LogP contribution in [0.4, 0.5) is 0 Å². The van der Waals surface area contributed by atoms with Gasteiger partial charge >= 0.3 is 5.97 Å². The van der Waals surface area contributed by atoms with Gasteiger partial charge in [0.15, 0.2) is 5.78 Å². The van der Waals surface area contributed by atoms with E-state index in [1.807, 2.05) is 51.1 Å². The highest BCUT2D eigenvalue weighted by atomic mass is 35.5. The smallest absolute Gasteiger partial charge is 0.309 e. The van der Waals surface area contributed by atoms with Crippen LogP contribution in [0.2, 0.25) is 10.0 Å². The van der Waals surface area contributed by atoms with Crippen LogP contribution >= 0.6 is 23.2 Å². The van der Waals surface area contributed by atoms with E-state index in [0.717, 1.165) is 44.5 Å². The maximum absolute atomic E-state index is 12.5.